The minimum absolute atomic E-state index is 0.0863. The van der Waals surface area contributed by atoms with E-state index in [1.165, 1.54) is 36.7 Å². The number of pyridine rings is 1. The van der Waals surface area contributed by atoms with Gasteiger partial charge < -0.3 is 21.5 Å². The molecule has 0 fully saturated rings. The Morgan fingerprint density at radius 3 is 2.17 bits per heavy atom. The number of aromatic nitrogens is 1. The first-order valence-electron chi connectivity index (χ1n) is 11.5. The van der Waals surface area contributed by atoms with Crippen LogP contribution in [0.3, 0.4) is 0 Å². The van der Waals surface area contributed by atoms with Crippen molar-refractivity contribution in [1.29, 1.82) is 5.41 Å². The van der Waals surface area contributed by atoms with E-state index in [9.17, 15) is 19.5 Å². The van der Waals surface area contributed by atoms with E-state index >= 15 is 0 Å². The van der Waals surface area contributed by atoms with Gasteiger partial charge in [0.2, 0.25) is 0 Å². The van der Waals surface area contributed by atoms with Crippen molar-refractivity contribution in [2.45, 2.75) is 27.7 Å². The lowest BCUT2D eigenvalue weighted by Gasteiger charge is -2.14. The fourth-order valence-electron chi connectivity index (χ4n) is 3.23. The summed E-state index contributed by atoms with van der Waals surface area (Å²) in [5.41, 5.74) is 7.33. The van der Waals surface area contributed by atoms with Gasteiger partial charge in [-0.2, -0.15) is 0 Å². The number of carbonyl (C=O) groups is 3. The molecular weight excluding hydrogens is 458 g/mol. The van der Waals surface area contributed by atoms with Gasteiger partial charge >= 0.3 is 5.97 Å². The van der Waals surface area contributed by atoms with Gasteiger partial charge in [0, 0.05) is 41.3 Å². The number of carboxylic acid groups (broad SMARTS) is 1. The molecule has 3 rings (SSSR count). The number of nitrogens with one attached hydrogen (secondary N) is 3. The van der Waals surface area contributed by atoms with Crippen molar-refractivity contribution in [3.8, 4) is 11.1 Å². The fourth-order valence-corrected chi connectivity index (χ4v) is 3.23. The Morgan fingerprint density at radius 1 is 0.944 bits per heavy atom. The number of carbonyl (C=O) groups excluding carboxylic acids is 2. The lowest BCUT2D eigenvalue weighted by molar-refractivity contribution is 0.0697. The van der Waals surface area contributed by atoms with Gasteiger partial charge in [0.15, 0.2) is 0 Å². The van der Waals surface area contributed by atoms with E-state index < -0.39 is 11.9 Å². The third kappa shape index (κ3) is 6.99. The van der Waals surface area contributed by atoms with Gasteiger partial charge in [-0.15, -0.1) is 0 Å². The molecule has 0 bridgehead atoms. The number of rotatable bonds is 8. The summed E-state index contributed by atoms with van der Waals surface area (Å²) >= 11 is 0. The van der Waals surface area contributed by atoms with Crippen molar-refractivity contribution in [1.82, 2.24) is 10.3 Å². The number of carboxylic acids is 1. The SMILES string of the molecule is CC.CC(C)CNC(=O)c1ccc(-c2cnccc2C(=O)Nc2ccc(C(=N)N)cc2)c(C(=O)O)c1. The Kier molecular flexibility index (Phi) is 9.85. The molecule has 0 spiro atoms. The molecule has 0 saturated carbocycles. The minimum atomic E-state index is -1.23. The molecule has 6 N–H and O–H groups in total. The molecule has 0 radical (unpaired) electrons. The van der Waals surface area contributed by atoms with E-state index in [0.717, 1.165) is 0 Å². The van der Waals surface area contributed by atoms with Crippen molar-refractivity contribution in [3.63, 3.8) is 0 Å². The number of nitrogen functional groups attached to an aromatic ring is 1. The molecular formula is C27H31N5O4. The lowest BCUT2D eigenvalue weighted by atomic mass is 9.94. The Morgan fingerprint density at radius 2 is 1.58 bits per heavy atom. The number of nitrogens with zero attached hydrogens (tertiary/aromatic N) is 1. The molecule has 188 valence electrons. The molecule has 1 heterocycles. The second-order valence-electron chi connectivity index (χ2n) is 8.04. The number of amidine groups is 1. The summed E-state index contributed by atoms with van der Waals surface area (Å²) in [6, 6.07) is 12.3. The summed E-state index contributed by atoms with van der Waals surface area (Å²) in [4.78, 5) is 41.5. The zero-order valence-corrected chi connectivity index (χ0v) is 20.8. The van der Waals surface area contributed by atoms with Crippen LogP contribution in [-0.2, 0) is 0 Å². The minimum Gasteiger partial charge on any atom is -0.478 e. The van der Waals surface area contributed by atoms with Crippen molar-refractivity contribution in [3.05, 3.63) is 83.2 Å². The number of hydrogen-bond donors (Lipinski definition) is 5. The summed E-state index contributed by atoms with van der Waals surface area (Å²) < 4.78 is 0. The van der Waals surface area contributed by atoms with Crippen LogP contribution in [0.2, 0.25) is 0 Å². The van der Waals surface area contributed by atoms with E-state index in [-0.39, 0.29) is 39.9 Å². The van der Waals surface area contributed by atoms with Gasteiger partial charge in [-0.3, -0.25) is 20.0 Å². The van der Waals surface area contributed by atoms with Crippen molar-refractivity contribution >= 4 is 29.3 Å². The smallest absolute Gasteiger partial charge is 0.336 e. The molecule has 1 aromatic heterocycles. The summed E-state index contributed by atoms with van der Waals surface area (Å²) in [5.74, 6) is -1.92. The number of hydrogen-bond acceptors (Lipinski definition) is 5. The first kappa shape index (κ1) is 27.7. The third-order valence-corrected chi connectivity index (χ3v) is 4.99. The largest absolute Gasteiger partial charge is 0.478 e. The van der Waals surface area contributed by atoms with E-state index in [0.29, 0.717) is 23.4 Å². The molecule has 0 atom stereocenters. The summed E-state index contributed by atoms with van der Waals surface area (Å²) in [6.45, 7) is 8.38. The average molecular weight is 490 g/mol. The number of benzene rings is 2. The highest BCUT2D eigenvalue weighted by Gasteiger charge is 2.20. The van der Waals surface area contributed by atoms with Crippen LogP contribution >= 0.6 is 0 Å². The molecule has 3 aromatic rings. The van der Waals surface area contributed by atoms with E-state index in [2.05, 4.69) is 15.6 Å². The van der Waals surface area contributed by atoms with Crippen LogP contribution in [0.4, 0.5) is 5.69 Å². The fraction of sp³-hybridized carbons (Fsp3) is 0.222. The van der Waals surface area contributed by atoms with Crippen LogP contribution < -0.4 is 16.4 Å². The Bertz CT molecular complexity index is 1250. The summed E-state index contributed by atoms with van der Waals surface area (Å²) in [5, 5.41) is 22.8. The van der Waals surface area contributed by atoms with Gasteiger partial charge in [0.1, 0.15) is 5.84 Å². The second-order valence-corrected chi connectivity index (χ2v) is 8.04. The van der Waals surface area contributed by atoms with E-state index in [4.69, 9.17) is 11.1 Å². The Balaban J connectivity index is 0.00000222. The standard InChI is InChI=1S/C25H25N5O4.C2H6/c1-14(2)12-29-23(31)16-5-8-18(20(11-16)25(33)34)21-13-28-10-9-19(21)24(32)30-17-6-3-15(4-7-17)22(26)27;1-2/h3-11,13-14H,12H2,1-2H3,(H3,26,27)(H,29,31)(H,30,32)(H,33,34);1-2H3. The average Bonchev–Trinajstić information content (AvgIpc) is 2.88. The first-order chi connectivity index (χ1) is 17.2. The highest BCUT2D eigenvalue weighted by Crippen LogP contribution is 2.28. The molecule has 0 aliphatic carbocycles. The number of amides is 2. The van der Waals surface area contributed by atoms with Crippen LogP contribution in [0, 0.1) is 11.3 Å². The molecule has 36 heavy (non-hydrogen) atoms. The van der Waals surface area contributed by atoms with Crippen LogP contribution in [-0.4, -0.2) is 40.3 Å². The first-order valence-corrected chi connectivity index (χ1v) is 11.5. The number of aromatic carboxylic acids is 1. The topological polar surface area (TPSA) is 158 Å². The van der Waals surface area contributed by atoms with Crippen molar-refractivity contribution in [2.75, 3.05) is 11.9 Å². The highest BCUT2D eigenvalue weighted by atomic mass is 16.4. The monoisotopic (exact) mass is 489 g/mol. The Hall–Kier alpha value is -4.53. The van der Waals surface area contributed by atoms with Crippen LogP contribution in [0.15, 0.2) is 60.9 Å². The molecule has 2 aromatic carbocycles. The zero-order chi connectivity index (χ0) is 26.8. The van der Waals surface area contributed by atoms with Crippen molar-refractivity contribution < 1.29 is 19.5 Å². The predicted octanol–water partition coefficient (Wildman–Crippen LogP) is 4.40. The van der Waals surface area contributed by atoms with Gasteiger partial charge in [-0.05, 0) is 53.9 Å². The maximum atomic E-state index is 13.0. The van der Waals surface area contributed by atoms with Crippen LogP contribution in [0.5, 0.6) is 0 Å². The molecule has 0 saturated heterocycles. The molecule has 2 amide bonds. The number of anilines is 1. The van der Waals surface area contributed by atoms with Gasteiger partial charge in [-0.1, -0.05) is 33.8 Å². The second kappa shape index (κ2) is 12.8. The maximum absolute atomic E-state index is 13.0. The molecule has 0 aliphatic heterocycles. The molecule has 0 unspecified atom stereocenters. The summed E-state index contributed by atoms with van der Waals surface area (Å²) in [6.07, 6.45) is 2.85. The van der Waals surface area contributed by atoms with Crippen molar-refractivity contribution in [2.24, 2.45) is 11.7 Å². The van der Waals surface area contributed by atoms with Crippen LogP contribution in [0.1, 0.15) is 64.3 Å². The van der Waals surface area contributed by atoms with Gasteiger partial charge in [0.05, 0.1) is 11.1 Å². The number of nitrogens with two attached hydrogens (primary N) is 1. The quantitative estimate of drug-likeness (QED) is 0.233. The van der Waals surface area contributed by atoms with Gasteiger partial charge in [-0.25, -0.2) is 4.79 Å². The third-order valence-electron chi connectivity index (χ3n) is 4.99. The van der Waals surface area contributed by atoms with E-state index in [1.54, 1.807) is 24.3 Å². The molecule has 9 heteroatoms. The van der Waals surface area contributed by atoms with Gasteiger partial charge in [0.25, 0.3) is 11.8 Å². The van der Waals surface area contributed by atoms with E-state index in [1.807, 2.05) is 27.7 Å². The predicted molar refractivity (Wildman–Crippen MR) is 141 cm³/mol. The lowest BCUT2D eigenvalue weighted by Crippen LogP contribution is -2.27. The normalized spacial score (nSPS) is 10.1. The zero-order valence-electron chi connectivity index (χ0n) is 20.8. The molecule has 9 nitrogen and oxygen atoms in total. The maximum Gasteiger partial charge on any atom is 0.336 e. The molecule has 0 aliphatic rings. The Labute approximate surface area is 210 Å². The summed E-state index contributed by atoms with van der Waals surface area (Å²) in [7, 11) is 0. The van der Waals surface area contributed by atoms with Crippen LogP contribution in [0.25, 0.3) is 11.1 Å². The highest BCUT2D eigenvalue weighted by molar-refractivity contribution is 6.11.